The van der Waals surface area contributed by atoms with Gasteiger partial charge in [-0.25, -0.2) is 24.9 Å². The van der Waals surface area contributed by atoms with E-state index in [1.165, 1.54) is 5.39 Å². The van der Waals surface area contributed by atoms with Gasteiger partial charge in [0.2, 0.25) is 0 Å². The molecular formula is C65H78N20O. The number of benzene rings is 2. The van der Waals surface area contributed by atoms with Crippen molar-refractivity contribution in [2.24, 2.45) is 28.2 Å². The molecule has 0 aliphatic rings. The van der Waals surface area contributed by atoms with Gasteiger partial charge in [0.1, 0.15) is 29.1 Å². The van der Waals surface area contributed by atoms with Gasteiger partial charge in [0, 0.05) is 166 Å². The highest BCUT2D eigenvalue weighted by Gasteiger charge is 2.15. The topological polar surface area (TPSA) is 221 Å². The number of para-hydroxylation sites is 3. The predicted octanol–water partition coefficient (Wildman–Crippen LogP) is 7.90. The van der Waals surface area contributed by atoms with Crippen LogP contribution in [0.3, 0.4) is 0 Å². The minimum Gasteiger partial charge on any atom is -0.395 e. The fraction of sp³-hybridized carbons (Fsp3) is 0.277. The minimum absolute atomic E-state index is 0.125. The number of aromatic nitrogens is 15. The second-order valence-electron chi connectivity index (χ2n) is 20.8. The molecule has 12 aromatic rings. The van der Waals surface area contributed by atoms with Gasteiger partial charge < -0.3 is 44.0 Å². The number of hydrogen-bond donors (Lipinski definition) is 5. The average Bonchev–Trinajstić information content (AvgIpc) is 4.26. The number of aryl methyl sites for hydroxylation is 4. The van der Waals surface area contributed by atoms with Crippen molar-refractivity contribution < 1.29 is 5.11 Å². The van der Waals surface area contributed by atoms with Crippen LogP contribution in [-0.2, 0) is 93.6 Å². The van der Waals surface area contributed by atoms with Gasteiger partial charge in [-0.1, -0.05) is 54.6 Å². The Morgan fingerprint density at radius 2 is 0.826 bits per heavy atom. The lowest BCUT2D eigenvalue weighted by Gasteiger charge is -2.21. The van der Waals surface area contributed by atoms with E-state index in [0.29, 0.717) is 13.1 Å². The molecule has 10 heterocycles. The number of pyridine rings is 4. The normalized spacial score (nSPS) is 11.2. The molecule has 0 atom stereocenters. The molecule has 444 valence electrons. The summed E-state index contributed by atoms with van der Waals surface area (Å²) in [6.45, 7) is 10.2. The van der Waals surface area contributed by atoms with Crippen molar-refractivity contribution in [2.75, 3.05) is 26.2 Å². The van der Waals surface area contributed by atoms with E-state index in [1.807, 2.05) is 230 Å². The summed E-state index contributed by atoms with van der Waals surface area (Å²) in [7, 11) is 8.04. The molecule has 0 aliphatic heterocycles. The number of nitrogens with zero attached hydrogens (tertiary/aromatic N) is 16. The summed E-state index contributed by atoms with van der Waals surface area (Å²) in [4.78, 5) is 53.2. The molecule has 0 fully saturated rings. The van der Waals surface area contributed by atoms with Crippen LogP contribution < -0.4 is 10.6 Å². The van der Waals surface area contributed by atoms with Crippen molar-refractivity contribution in [3.63, 3.8) is 0 Å². The Kier molecular flexibility index (Phi) is 23.2. The molecule has 12 rings (SSSR count). The number of aromatic amines is 2. The third kappa shape index (κ3) is 19.4. The van der Waals surface area contributed by atoms with E-state index in [2.05, 4.69) is 98.4 Å². The van der Waals surface area contributed by atoms with Crippen LogP contribution in [0.2, 0.25) is 0 Å². The Bertz CT molecular complexity index is 3470. The molecule has 86 heavy (non-hydrogen) atoms. The number of H-pyrrole nitrogens is 2. The molecule has 5 N–H and O–H groups in total. The van der Waals surface area contributed by atoms with Gasteiger partial charge >= 0.3 is 0 Å². The van der Waals surface area contributed by atoms with E-state index >= 15 is 0 Å². The van der Waals surface area contributed by atoms with Crippen LogP contribution in [0.5, 0.6) is 0 Å². The molecule has 21 nitrogen and oxygen atoms in total. The lowest BCUT2D eigenvalue weighted by atomic mass is 10.2. The zero-order valence-corrected chi connectivity index (χ0v) is 49.6. The zero-order chi connectivity index (χ0) is 59.6. The maximum atomic E-state index is 9.39. The summed E-state index contributed by atoms with van der Waals surface area (Å²) < 4.78 is 8.14. The van der Waals surface area contributed by atoms with Crippen molar-refractivity contribution in [2.45, 2.75) is 65.4 Å². The van der Waals surface area contributed by atoms with Crippen LogP contribution in [0.4, 0.5) is 0 Å². The predicted molar refractivity (Wildman–Crippen MR) is 335 cm³/mol. The minimum atomic E-state index is 0.125. The number of nitrogens with one attached hydrogen (secondary N) is 4. The fourth-order valence-electron chi connectivity index (χ4n) is 9.53. The molecule has 21 heteroatoms. The monoisotopic (exact) mass is 1150 g/mol. The van der Waals surface area contributed by atoms with Crippen LogP contribution in [0.15, 0.2) is 202 Å². The SMILES string of the molecule is Cn1ccnc1CN(Cc1ccccn1)Cc1nccn1C.Cn1ccnc1CNCCNCc1nccn1C.OCCN(Cc1cc2ccccc2[nH]1)Cc1nc2ccccc2[nH]1.c1ccc(CN(Cc2ccccn2)Cc2ccccn2)nc1. The molecule has 0 amide bonds. The summed E-state index contributed by atoms with van der Waals surface area (Å²) in [6.07, 6.45) is 22.4. The van der Waals surface area contributed by atoms with E-state index in [0.717, 1.165) is 146 Å². The number of rotatable bonds is 25. The summed E-state index contributed by atoms with van der Waals surface area (Å²) >= 11 is 0. The zero-order valence-electron chi connectivity index (χ0n) is 49.6. The van der Waals surface area contributed by atoms with Crippen LogP contribution in [0.25, 0.3) is 21.9 Å². The van der Waals surface area contributed by atoms with E-state index in [1.54, 1.807) is 0 Å². The molecule has 2 aromatic carbocycles. The van der Waals surface area contributed by atoms with E-state index in [9.17, 15) is 5.11 Å². The lowest BCUT2D eigenvalue weighted by molar-refractivity contribution is 0.180. The Balaban J connectivity index is 0.000000138. The molecule has 0 aliphatic carbocycles. The van der Waals surface area contributed by atoms with Gasteiger partial charge in [-0.05, 0) is 78.2 Å². The maximum absolute atomic E-state index is 9.39. The second-order valence-corrected chi connectivity index (χ2v) is 20.8. The maximum Gasteiger partial charge on any atom is 0.122 e. The molecular weight excluding hydrogens is 1080 g/mol. The summed E-state index contributed by atoms with van der Waals surface area (Å²) in [6, 6.07) is 42.4. The first-order valence-corrected chi connectivity index (χ1v) is 28.8. The van der Waals surface area contributed by atoms with Crippen LogP contribution in [0, 0.1) is 0 Å². The molecule has 0 spiro atoms. The largest absolute Gasteiger partial charge is 0.395 e. The van der Waals surface area contributed by atoms with Gasteiger partial charge in [0.25, 0.3) is 0 Å². The first-order chi connectivity index (χ1) is 42.2. The molecule has 10 aromatic heterocycles. The number of hydrogen-bond acceptors (Lipinski definition) is 15. The van der Waals surface area contributed by atoms with Gasteiger partial charge in [0.05, 0.1) is 73.1 Å². The number of fused-ring (bicyclic) bond motifs is 2. The summed E-state index contributed by atoms with van der Waals surface area (Å²) in [5.41, 5.74) is 8.49. The second kappa shape index (κ2) is 32.6. The molecule has 0 saturated heterocycles. The van der Waals surface area contributed by atoms with Crippen LogP contribution in [0.1, 0.15) is 57.6 Å². The highest BCUT2D eigenvalue weighted by molar-refractivity contribution is 5.80. The Morgan fingerprint density at radius 1 is 0.407 bits per heavy atom. The summed E-state index contributed by atoms with van der Waals surface area (Å²) in [5, 5.41) is 17.3. The van der Waals surface area contributed by atoms with Gasteiger partial charge in [-0.15, -0.1) is 0 Å². The molecule has 0 radical (unpaired) electrons. The third-order valence-corrected chi connectivity index (χ3v) is 14.1. The van der Waals surface area contributed by atoms with Crippen LogP contribution >= 0.6 is 0 Å². The number of aliphatic hydroxyl groups excluding tert-OH is 1. The fourth-order valence-corrected chi connectivity index (χ4v) is 9.53. The van der Waals surface area contributed by atoms with E-state index in [4.69, 9.17) is 0 Å². The quantitative estimate of drug-likeness (QED) is 0.0344. The molecule has 0 bridgehead atoms. The summed E-state index contributed by atoms with van der Waals surface area (Å²) in [5.74, 6) is 5.09. The Labute approximate surface area is 502 Å². The van der Waals surface area contributed by atoms with Gasteiger partial charge in [0.15, 0.2) is 0 Å². The standard InChI is InChI=1S/C19H20N4O.C18H18N4.C16H20N6.C12H20N6/c24-10-9-23(12-15-11-14-5-1-2-6-16(14)20-15)13-19-21-17-7-3-4-8-18(17)22-19;1-4-10-19-16(7-1)13-22(14-17-8-2-5-11-20-17)15-18-9-3-6-12-21-18;1-20-9-7-18-15(20)12-22(11-14-5-3-4-6-17-14)13-16-19-8-10-21(16)2;1-17-7-5-15-11(17)9-13-3-4-14-10-12-16-6-8-18(12)2/h1-8,11,20,24H,9-10,12-13H2,(H,21,22);1-12H,13-15H2;3-10H,11-13H2,1-2H3;5-8,13-14H,3-4,9-10H2,1-2H3. The van der Waals surface area contributed by atoms with Crippen molar-refractivity contribution in [3.05, 3.63) is 259 Å². The van der Waals surface area contributed by atoms with Gasteiger partial charge in [-0.2, -0.15) is 0 Å². The van der Waals surface area contributed by atoms with E-state index < -0.39 is 0 Å². The lowest BCUT2D eigenvalue weighted by Crippen LogP contribution is -2.28. The first-order valence-electron chi connectivity index (χ1n) is 28.8. The van der Waals surface area contributed by atoms with E-state index in [-0.39, 0.29) is 6.61 Å². The van der Waals surface area contributed by atoms with Crippen molar-refractivity contribution >= 4 is 21.9 Å². The Morgan fingerprint density at radius 3 is 1.23 bits per heavy atom. The van der Waals surface area contributed by atoms with Gasteiger partial charge in [-0.3, -0.25) is 34.6 Å². The average molecular weight is 1160 g/mol. The number of aliphatic hydroxyl groups is 1. The highest BCUT2D eigenvalue weighted by Crippen LogP contribution is 2.19. The molecule has 0 saturated carbocycles. The molecule has 0 unspecified atom stereocenters. The smallest absolute Gasteiger partial charge is 0.122 e. The van der Waals surface area contributed by atoms with Crippen LogP contribution in [-0.4, -0.2) is 119 Å². The Hall–Kier alpha value is -9.35. The third-order valence-electron chi connectivity index (χ3n) is 14.1. The number of imidazole rings is 5. The van der Waals surface area contributed by atoms with Crippen molar-refractivity contribution in [3.8, 4) is 0 Å². The first kappa shape index (κ1) is 61.2. The van der Waals surface area contributed by atoms with Crippen molar-refractivity contribution in [1.29, 1.82) is 0 Å². The van der Waals surface area contributed by atoms with Crippen molar-refractivity contribution in [1.82, 2.24) is 98.4 Å². The highest BCUT2D eigenvalue weighted by atomic mass is 16.3.